The Kier molecular flexibility index (Phi) is 6.24. The van der Waals surface area contributed by atoms with Crippen LogP contribution < -0.4 is 40.1 Å². The fraction of sp³-hybridized carbons (Fsp3) is 0.364. The number of nitrogens with two attached hydrogens (primary N) is 1. The minimum Gasteiger partial charge on any atom is -1.00 e. The van der Waals surface area contributed by atoms with Gasteiger partial charge in [0.15, 0.2) is 11.5 Å². The van der Waals surface area contributed by atoms with Crippen LogP contribution in [0.2, 0.25) is 0 Å². The molecule has 1 heterocycles. The number of halogens is 1. The molecular formula is C11H17IN4S. The Balaban J connectivity index is 0.00000144. The number of nitrogens with zero attached hydrogens (tertiary/aromatic N) is 1. The van der Waals surface area contributed by atoms with Gasteiger partial charge in [-0.1, -0.05) is 18.2 Å². The first-order valence-electron chi connectivity index (χ1n) is 5.33. The van der Waals surface area contributed by atoms with E-state index >= 15 is 0 Å². The van der Waals surface area contributed by atoms with E-state index in [2.05, 4.69) is 22.6 Å². The molecular weight excluding hydrogens is 347 g/mol. The van der Waals surface area contributed by atoms with Crippen molar-refractivity contribution in [3.8, 4) is 0 Å². The molecule has 1 aromatic rings. The number of hydrogen-bond acceptors (Lipinski definition) is 3. The van der Waals surface area contributed by atoms with Gasteiger partial charge in [-0.15, -0.1) is 11.8 Å². The van der Waals surface area contributed by atoms with E-state index in [1.165, 1.54) is 10.7 Å². The van der Waals surface area contributed by atoms with Crippen molar-refractivity contribution in [2.75, 3.05) is 12.8 Å². The van der Waals surface area contributed by atoms with E-state index in [1.54, 1.807) is 11.8 Å². The summed E-state index contributed by atoms with van der Waals surface area (Å²) < 4.78 is 0. The molecule has 2 unspecified atom stereocenters. The summed E-state index contributed by atoms with van der Waals surface area (Å²) in [6, 6.07) is 10.3. The minimum absolute atomic E-state index is 0. The topological polar surface area (TPSA) is 54.8 Å². The Morgan fingerprint density at radius 2 is 2.12 bits per heavy atom. The average molecular weight is 364 g/mol. The Hall–Kier alpha value is -0.310. The van der Waals surface area contributed by atoms with E-state index in [0.29, 0.717) is 0 Å². The summed E-state index contributed by atoms with van der Waals surface area (Å²) >= 11 is 1.55. The Bertz CT molecular complexity index is 371. The summed E-state index contributed by atoms with van der Waals surface area (Å²) in [5.74, 6) is 1.00. The molecule has 0 aromatic heterocycles. The van der Waals surface area contributed by atoms with E-state index in [1.807, 2.05) is 24.5 Å². The summed E-state index contributed by atoms with van der Waals surface area (Å²) in [7, 11) is 0. The van der Waals surface area contributed by atoms with Gasteiger partial charge in [0.1, 0.15) is 12.0 Å². The molecule has 0 amide bonds. The zero-order valence-electron chi connectivity index (χ0n) is 9.69. The molecule has 2 rings (SSSR count). The maximum atomic E-state index is 5.76. The number of benzene rings is 1. The second kappa shape index (κ2) is 7.20. The summed E-state index contributed by atoms with van der Waals surface area (Å²) in [5, 5.41) is 1.24. The highest BCUT2D eigenvalue weighted by Gasteiger charge is 2.22. The predicted octanol–water partition coefficient (Wildman–Crippen LogP) is -2.88. The molecule has 1 aliphatic rings. The molecule has 1 aromatic carbocycles. The van der Waals surface area contributed by atoms with E-state index < -0.39 is 0 Å². The second-order valence-corrected chi connectivity index (χ2v) is 4.63. The fourth-order valence-corrected chi connectivity index (χ4v) is 1.93. The van der Waals surface area contributed by atoms with Crippen LogP contribution in [0.25, 0.3) is 0 Å². The monoisotopic (exact) mass is 364 g/mol. The molecule has 17 heavy (non-hydrogen) atoms. The zero-order chi connectivity index (χ0) is 11.4. The third kappa shape index (κ3) is 4.13. The average Bonchev–Trinajstić information content (AvgIpc) is 2.78. The molecule has 1 aliphatic heterocycles. The van der Waals surface area contributed by atoms with Crippen LogP contribution in [0.5, 0.6) is 0 Å². The van der Waals surface area contributed by atoms with E-state index in [4.69, 9.17) is 5.73 Å². The van der Waals surface area contributed by atoms with E-state index in [-0.39, 0.29) is 29.5 Å². The summed E-state index contributed by atoms with van der Waals surface area (Å²) in [6.07, 6.45) is 2.92. The molecule has 4 nitrogen and oxygen atoms in total. The van der Waals surface area contributed by atoms with E-state index in [9.17, 15) is 0 Å². The lowest BCUT2D eigenvalue weighted by Crippen LogP contribution is -3.11. The van der Waals surface area contributed by atoms with Crippen molar-refractivity contribution in [3.63, 3.8) is 0 Å². The van der Waals surface area contributed by atoms with Gasteiger partial charge in [0.25, 0.3) is 0 Å². The first-order valence-corrected chi connectivity index (χ1v) is 6.61. The smallest absolute Gasteiger partial charge is 0.155 e. The highest BCUT2D eigenvalue weighted by molar-refractivity contribution is 7.99. The molecule has 0 saturated carbocycles. The van der Waals surface area contributed by atoms with Crippen molar-refractivity contribution < 1.29 is 29.0 Å². The number of rotatable bonds is 3. The normalized spacial score (nSPS) is 22.9. The third-order valence-electron chi connectivity index (χ3n) is 2.55. The molecule has 1 fully saturated rings. The van der Waals surface area contributed by atoms with Crippen molar-refractivity contribution in [1.29, 1.82) is 0 Å². The number of quaternary nitrogens is 1. The highest BCUT2D eigenvalue weighted by Crippen LogP contribution is 2.03. The van der Waals surface area contributed by atoms with Crippen molar-refractivity contribution in [2.45, 2.75) is 11.9 Å². The third-order valence-corrected chi connectivity index (χ3v) is 3.14. The summed E-state index contributed by atoms with van der Waals surface area (Å²) in [6.45, 7) is 1.02. The number of aliphatic imine (C=N–C) groups is 1. The Labute approximate surface area is 123 Å². The second-order valence-electron chi connectivity index (χ2n) is 3.67. The van der Waals surface area contributed by atoms with Gasteiger partial charge in [-0.3, -0.25) is 0 Å². The SMILES string of the molecule is CSC(N)/N=C1/CC[NH+](c2ccccc2)N1.[I-]. The number of nitrogens with one attached hydrogen (secondary N) is 2. The van der Waals surface area contributed by atoms with Gasteiger partial charge in [0.05, 0.1) is 6.42 Å². The van der Waals surface area contributed by atoms with Gasteiger partial charge < -0.3 is 29.7 Å². The summed E-state index contributed by atoms with van der Waals surface area (Å²) in [5.41, 5.74) is 10.2. The maximum absolute atomic E-state index is 5.76. The van der Waals surface area contributed by atoms with Crippen LogP contribution in [0.15, 0.2) is 35.3 Å². The molecule has 94 valence electrons. The van der Waals surface area contributed by atoms with Crippen LogP contribution >= 0.6 is 11.8 Å². The Morgan fingerprint density at radius 3 is 2.76 bits per heavy atom. The van der Waals surface area contributed by atoms with Crippen molar-refractivity contribution in [3.05, 3.63) is 30.3 Å². The van der Waals surface area contributed by atoms with Gasteiger partial charge in [-0.25, -0.2) is 15.4 Å². The van der Waals surface area contributed by atoms with Gasteiger partial charge in [0.2, 0.25) is 0 Å². The van der Waals surface area contributed by atoms with Crippen molar-refractivity contribution >= 4 is 23.3 Å². The fourth-order valence-electron chi connectivity index (χ4n) is 1.70. The molecule has 0 aliphatic carbocycles. The first-order chi connectivity index (χ1) is 7.79. The first kappa shape index (κ1) is 14.7. The van der Waals surface area contributed by atoms with Crippen LogP contribution in [0, 0.1) is 0 Å². The Morgan fingerprint density at radius 1 is 1.41 bits per heavy atom. The summed E-state index contributed by atoms with van der Waals surface area (Å²) in [4.78, 5) is 4.40. The lowest BCUT2D eigenvalue weighted by Gasteiger charge is -2.11. The quantitative estimate of drug-likeness (QED) is 0.399. The van der Waals surface area contributed by atoms with Gasteiger partial charge in [0, 0.05) is 12.1 Å². The van der Waals surface area contributed by atoms with Crippen LogP contribution in [0.3, 0.4) is 0 Å². The van der Waals surface area contributed by atoms with Crippen LogP contribution in [0.1, 0.15) is 6.42 Å². The van der Waals surface area contributed by atoms with Crippen molar-refractivity contribution in [1.82, 2.24) is 5.43 Å². The zero-order valence-corrected chi connectivity index (χ0v) is 12.7. The van der Waals surface area contributed by atoms with Gasteiger partial charge >= 0.3 is 0 Å². The number of thioether (sulfide) groups is 1. The number of para-hydroxylation sites is 1. The standard InChI is InChI=1S/C11H16N4S.HI/c1-16-11(12)13-10-7-8-15(14-10)9-5-3-2-4-6-9;/h2-6,11H,7-8,12H2,1H3,(H,13,14);1H. The minimum atomic E-state index is -0.155. The molecule has 0 radical (unpaired) electrons. The van der Waals surface area contributed by atoms with Crippen LogP contribution in [0.4, 0.5) is 5.69 Å². The molecule has 0 spiro atoms. The highest BCUT2D eigenvalue weighted by atomic mass is 127. The van der Waals surface area contributed by atoms with E-state index in [0.717, 1.165) is 18.8 Å². The van der Waals surface area contributed by atoms with Gasteiger partial charge in [-0.2, -0.15) is 0 Å². The van der Waals surface area contributed by atoms with Crippen LogP contribution in [-0.4, -0.2) is 24.1 Å². The lowest BCUT2D eigenvalue weighted by molar-refractivity contribution is -0.860. The molecule has 2 atom stereocenters. The van der Waals surface area contributed by atoms with Gasteiger partial charge in [-0.05, 0) is 6.26 Å². The number of hydrogen-bond donors (Lipinski definition) is 3. The number of amidine groups is 1. The largest absolute Gasteiger partial charge is 1.00 e. The molecule has 0 bridgehead atoms. The van der Waals surface area contributed by atoms with Crippen LogP contribution in [-0.2, 0) is 0 Å². The predicted molar refractivity (Wildman–Crippen MR) is 68.6 cm³/mol. The molecule has 1 saturated heterocycles. The molecule has 6 heteroatoms. The lowest BCUT2D eigenvalue weighted by atomic mass is 10.3. The maximum Gasteiger partial charge on any atom is 0.155 e. The van der Waals surface area contributed by atoms with Crippen molar-refractivity contribution in [2.24, 2.45) is 10.7 Å². The molecule has 4 N–H and O–H groups in total.